The number of fused-ring (bicyclic) bond motifs is 3. The van der Waals surface area contributed by atoms with Crippen LogP contribution in [0.1, 0.15) is 6.42 Å². The molecule has 9 heteroatoms. The van der Waals surface area contributed by atoms with Crippen molar-refractivity contribution in [1.29, 1.82) is 0 Å². The fraction of sp³-hybridized carbons (Fsp3) is 0.294. The van der Waals surface area contributed by atoms with E-state index in [1.807, 2.05) is 0 Å². The van der Waals surface area contributed by atoms with Gasteiger partial charge in [-0.15, -0.1) is 11.3 Å². The Labute approximate surface area is 157 Å². The van der Waals surface area contributed by atoms with E-state index in [2.05, 4.69) is 37.4 Å². The van der Waals surface area contributed by atoms with E-state index in [0.29, 0.717) is 22.2 Å². The summed E-state index contributed by atoms with van der Waals surface area (Å²) in [5.74, 6) is 0.629. The Bertz CT molecular complexity index is 1030. The number of carbonyl (C=O) groups excluding carboxylic acids is 1. The predicted octanol–water partition coefficient (Wildman–Crippen LogP) is 2.82. The molecule has 0 aromatic carbocycles. The third kappa shape index (κ3) is 2.33. The SMILES string of the molecule is NC(=O)[C@@H]1[C@H](Nc2c(Cl)cnc3nc(-c4cncs4)[nH]c23)[C@H]2C=C[C@@H]1C2. The normalized spacial score (nSPS) is 26.7. The zero-order valence-electron chi connectivity index (χ0n) is 13.5. The molecule has 0 aliphatic heterocycles. The molecule has 7 nitrogen and oxygen atoms in total. The van der Waals surface area contributed by atoms with Crippen LogP contribution in [0.4, 0.5) is 5.69 Å². The first-order chi connectivity index (χ1) is 12.6. The summed E-state index contributed by atoms with van der Waals surface area (Å²) in [5, 5.41) is 3.94. The first kappa shape index (κ1) is 15.8. The molecule has 0 spiro atoms. The number of halogens is 1. The monoisotopic (exact) mass is 386 g/mol. The van der Waals surface area contributed by atoms with Crippen molar-refractivity contribution in [2.45, 2.75) is 12.5 Å². The Morgan fingerprint density at radius 1 is 1.35 bits per heavy atom. The van der Waals surface area contributed by atoms with Gasteiger partial charge < -0.3 is 16.0 Å². The van der Waals surface area contributed by atoms with Gasteiger partial charge in [0.05, 0.1) is 33.2 Å². The lowest BCUT2D eigenvalue weighted by Gasteiger charge is -2.28. The minimum Gasteiger partial charge on any atom is -0.378 e. The van der Waals surface area contributed by atoms with E-state index in [1.54, 1.807) is 17.9 Å². The zero-order chi connectivity index (χ0) is 17.8. The van der Waals surface area contributed by atoms with Crippen molar-refractivity contribution in [2.24, 2.45) is 23.5 Å². The van der Waals surface area contributed by atoms with Gasteiger partial charge in [0.2, 0.25) is 5.91 Å². The highest BCUT2D eigenvalue weighted by Crippen LogP contribution is 2.46. The van der Waals surface area contributed by atoms with Crippen LogP contribution in [0.3, 0.4) is 0 Å². The Morgan fingerprint density at radius 3 is 2.96 bits per heavy atom. The molecule has 26 heavy (non-hydrogen) atoms. The van der Waals surface area contributed by atoms with Crippen LogP contribution in [-0.2, 0) is 4.79 Å². The molecule has 4 atom stereocenters. The van der Waals surface area contributed by atoms with E-state index in [-0.39, 0.29) is 29.7 Å². The number of pyridine rings is 1. The van der Waals surface area contributed by atoms with Crippen molar-refractivity contribution in [3.8, 4) is 10.7 Å². The largest absolute Gasteiger partial charge is 0.378 e. The second-order valence-electron chi connectivity index (χ2n) is 6.68. The summed E-state index contributed by atoms with van der Waals surface area (Å²) in [6.45, 7) is 0. The second kappa shape index (κ2) is 5.78. The van der Waals surface area contributed by atoms with Crippen molar-refractivity contribution in [1.82, 2.24) is 19.9 Å². The molecule has 3 aromatic heterocycles. The maximum Gasteiger partial charge on any atom is 0.223 e. The number of H-pyrrole nitrogens is 1. The number of carbonyl (C=O) groups is 1. The minimum absolute atomic E-state index is 0.0826. The molecule has 2 aliphatic carbocycles. The highest BCUT2D eigenvalue weighted by atomic mass is 35.5. The summed E-state index contributed by atoms with van der Waals surface area (Å²) in [4.78, 5) is 29.1. The van der Waals surface area contributed by atoms with Crippen LogP contribution in [0.15, 0.2) is 30.1 Å². The summed E-state index contributed by atoms with van der Waals surface area (Å²) >= 11 is 7.92. The highest BCUT2D eigenvalue weighted by Gasteiger charge is 2.47. The lowest BCUT2D eigenvalue weighted by molar-refractivity contribution is -0.122. The van der Waals surface area contributed by atoms with Crippen molar-refractivity contribution < 1.29 is 4.79 Å². The van der Waals surface area contributed by atoms with Crippen molar-refractivity contribution in [3.63, 3.8) is 0 Å². The first-order valence-corrected chi connectivity index (χ1v) is 9.55. The smallest absolute Gasteiger partial charge is 0.223 e. The van der Waals surface area contributed by atoms with Gasteiger partial charge in [0.1, 0.15) is 5.52 Å². The number of nitrogens with zero attached hydrogens (tertiary/aromatic N) is 3. The first-order valence-electron chi connectivity index (χ1n) is 8.29. The van der Waals surface area contributed by atoms with E-state index < -0.39 is 0 Å². The van der Waals surface area contributed by atoms with Crippen LogP contribution in [0.2, 0.25) is 5.02 Å². The van der Waals surface area contributed by atoms with Gasteiger partial charge in [0.15, 0.2) is 11.5 Å². The number of nitrogens with two attached hydrogens (primary N) is 1. The third-order valence-corrected chi connectivity index (χ3v) is 6.30. The van der Waals surface area contributed by atoms with Gasteiger partial charge in [-0.05, 0) is 18.3 Å². The van der Waals surface area contributed by atoms with E-state index >= 15 is 0 Å². The molecule has 4 N–H and O–H groups in total. The molecule has 0 unspecified atom stereocenters. The number of aromatic nitrogens is 4. The molecular formula is C17H15ClN6OS. The molecule has 5 rings (SSSR count). The Balaban J connectivity index is 1.57. The van der Waals surface area contributed by atoms with E-state index in [0.717, 1.165) is 16.8 Å². The maximum atomic E-state index is 12.0. The van der Waals surface area contributed by atoms with Gasteiger partial charge in [0.25, 0.3) is 0 Å². The number of aromatic amines is 1. The fourth-order valence-corrected chi connectivity index (χ4v) is 4.86. The molecule has 3 aromatic rings. The summed E-state index contributed by atoms with van der Waals surface area (Å²) in [7, 11) is 0. The van der Waals surface area contributed by atoms with Gasteiger partial charge in [-0.3, -0.25) is 9.78 Å². The van der Waals surface area contributed by atoms with Crippen molar-refractivity contribution in [3.05, 3.63) is 35.1 Å². The Kier molecular flexibility index (Phi) is 3.51. The van der Waals surface area contributed by atoms with Crippen LogP contribution < -0.4 is 11.1 Å². The molecule has 1 fully saturated rings. The van der Waals surface area contributed by atoms with Gasteiger partial charge in [-0.2, -0.15) is 0 Å². The number of rotatable bonds is 4. The second-order valence-corrected chi connectivity index (χ2v) is 7.97. The van der Waals surface area contributed by atoms with Crippen LogP contribution in [0.5, 0.6) is 0 Å². The zero-order valence-corrected chi connectivity index (χ0v) is 15.1. The minimum atomic E-state index is -0.282. The van der Waals surface area contributed by atoms with Gasteiger partial charge in [-0.1, -0.05) is 23.8 Å². The van der Waals surface area contributed by atoms with Crippen LogP contribution in [0, 0.1) is 17.8 Å². The quantitative estimate of drug-likeness (QED) is 0.597. The molecule has 3 heterocycles. The number of imidazole rings is 1. The molecular weight excluding hydrogens is 372 g/mol. The molecule has 0 radical (unpaired) electrons. The molecule has 132 valence electrons. The number of allylic oxidation sites excluding steroid dienone is 1. The van der Waals surface area contributed by atoms with Crippen LogP contribution in [0.25, 0.3) is 21.9 Å². The predicted molar refractivity (Wildman–Crippen MR) is 101 cm³/mol. The molecule has 0 saturated heterocycles. The number of amides is 1. The Hall–Kier alpha value is -2.45. The van der Waals surface area contributed by atoms with Crippen molar-refractivity contribution >= 4 is 45.7 Å². The topological polar surface area (TPSA) is 110 Å². The maximum absolute atomic E-state index is 12.0. The Morgan fingerprint density at radius 2 is 2.19 bits per heavy atom. The highest BCUT2D eigenvalue weighted by molar-refractivity contribution is 7.13. The summed E-state index contributed by atoms with van der Waals surface area (Å²) in [6.07, 6.45) is 8.52. The van der Waals surface area contributed by atoms with E-state index in [9.17, 15) is 4.79 Å². The van der Waals surface area contributed by atoms with Gasteiger partial charge in [0, 0.05) is 12.2 Å². The standard InChI is InChI=1S/C17H15ClN6OS/c18-9-4-21-17-14(23-16(24-17)10-5-20-6-26-10)13(9)22-12-8-2-1-7(3-8)11(12)15(19)25/h1-2,4-8,11-12H,3H2,(H2,19,25)(H2,21,22,23,24)/t7-,8+,11+,12-/m1/s1. The third-order valence-electron chi connectivity index (χ3n) is 5.24. The van der Waals surface area contributed by atoms with Gasteiger partial charge >= 0.3 is 0 Å². The summed E-state index contributed by atoms with van der Waals surface area (Å²) in [5.41, 5.74) is 9.40. The number of hydrogen-bond donors (Lipinski definition) is 3. The lowest BCUT2D eigenvalue weighted by Crippen LogP contribution is -2.41. The van der Waals surface area contributed by atoms with Gasteiger partial charge in [-0.25, -0.2) is 9.97 Å². The number of hydrogen-bond acceptors (Lipinski definition) is 6. The lowest BCUT2D eigenvalue weighted by atomic mass is 9.88. The van der Waals surface area contributed by atoms with Crippen LogP contribution in [-0.4, -0.2) is 31.9 Å². The van der Waals surface area contributed by atoms with E-state index in [4.69, 9.17) is 17.3 Å². The molecule has 1 saturated carbocycles. The average Bonchev–Trinajstić information content (AvgIpc) is 3.39. The molecule has 1 amide bonds. The molecule has 2 bridgehead atoms. The fourth-order valence-electron chi connectivity index (χ4n) is 4.10. The number of primary amides is 1. The van der Waals surface area contributed by atoms with Crippen molar-refractivity contribution in [2.75, 3.05) is 5.32 Å². The van der Waals surface area contributed by atoms with Crippen LogP contribution >= 0.6 is 22.9 Å². The molecule has 2 aliphatic rings. The number of nitrogens with one attached hydrogen (secondary N) is 2. The number of thiazole rings is 1. The van der Waals surface area contributed by atoms with E-state index in [1.165, 1.54) is 11.3 Å². The summed E-state index contributed by atoms with van der Waals surface area (Å²) < 4.78 is 0. The summed E-state index contributed by atoms with van der Waals surface area (Å²) in [6, 6.07) is -0.0826. The average molecular weight is 387 g/mol. The number of anilines is 1.